The zero-order chi connectivity index (χ0) is 79.7. The molecule has 4 nitrogen and oxygen atoms in total. The highest BCUT2D eigenvalue weighted by atomic mass is 15.2. The van der Waals surface area contributed by atoms with Crippen molar-refractivity contribution in [3.8, 4) is 44.8 Å². The zero-order valence-electron chi connectivity index (χ0n) is 71.6. The first kappa shape index (κ1) is 74.3. The molecule has 0 unspecified atom stereocenters. The summed E-state index contributed by atoms with van der Waals surface area (Å²) < 4.78 is 5.13. The fraction of sp³-hybridized carbons (Fsp3) is 0.333. The largest absolute Gasteiger partial charge is 0.311 e. The van der Waals surface area contributed by atoms with Gasteiger partial charge in [0.1, 0.15) is 0 Å². The lowest BCUT2D eigenvalue weighted by molar-refractivity contribution is 0.332. The molecule has 0 amide bonds. The van der Waals surface area contributed by atoms with E-state index in [0.717, 1.165) is 28.3 Å². The molecule has 0 fully saturated rings. The van der Waals surface area contributed by atoms with Crippen LogP contribution >= 0.6 is 0 Å². The minimum atomic E-state index is -0.175. The molecule has 18 rings (SSSR count). The van der Waals surface area contributed by atoms with Crippen LogP contribution in [0, 0.1) is 0 Å². The molecule has 0 spiro atoms. The van der Waals surface area contributed by atoms with E-state index in [9.17, 15) is 0 Å². The van der Waals surface area contributed by atoms with Gasteiger partial charge in [-0.25, -0.2) is 0 Å². The van der Waals surface area contributed by atoms with Crippen molar-refractivity contribution in [3.05, 3.63) is 281 Å². The van der Waals surface area contributed by atoms with Gasteiger partial charge in [0.2, 0.25) is 0 Å². The Morgan fingerprint density at radius 2 is 0.513 bits per heavy atom. The van der Waals surface area contributed by atoms with Crippen molar-refractivity contribution in [1.29, 1.82) is 0 Å². The normalized spacial score (nSPS) is 16.4. The van der Waals surface area contributed by atoms with Crippen LogP contribution in [0.25, 0.3) is 88.4 Å². The van der Waals surface area contributed by atoms with Gasteiger partial charge in [-0.3, -0.25) is 0 Å². The highest BCUT2D eigenvalue weighted by Gasteiger charge is 2.46. The number of hydrogen-bond donors (Lipinski definition) is 0. The molecule has 570 valence electrons. The maximum atomic E-state index is 2.65. The fourth-order valence-electron chi connectivity index (χ4n) is 19.7. The summed E-state index contributed by atoms with van der Waals surface area (Å²) in [4.78, 5) is 5.31. The standard InChI is InChI=1S/C108H115BN4/c1-100(2,3)72-32-24-68(25-33-72)71-58-97-99-98(59-71)111(78-40-28-67(29-41-78)70-31-45-86-88(57-70)108(22,23)55-53-106(86,18)19)96-65-80(113-93-50-36-75(103(10,11)12)62-83(93)84-63-76(104(13,14)15)37-51-94(84)113)43-47-90(96)109(99)89-46-42-79(112-91-48-34-73(101(4,5)6)60-81(91)82-61-74(102(7,8)9)35-49-92(82)112)64-95(89)110(97)77-38-26-66(27-39-77)69-30-44-85-87(56-69)107(20,21)54-52-105(85,16)17/h24-51,56-65H,52-55H2,1-23H3. The van der Waals surface area contributed by atoms with Crippen LogP contribution in [0.1, 0.15) is 235 Å². The molecule has 2 aromatic heterocycles. The van der Waals surface area contributed by atoms with E-state index in [1.165, 1.54) is 186 Å². The third-order valence-corrected chi connectivity index (χ3v) is 27.3. The summed E-state index contributed by atoms with van der Waals surface area (Å²) in [5.74, 6) is 0. The predicted octanol–water partition coefficient (Wildman–Crippen LogP) is 28.1. The molecule has 14 aromatic rings. The molecule has 2 aliphatic heterocycles. The SMILES string of the molecule is CC(C)(C)c1ccc(-c2cc3c4c(c2)N(c2ccc(-c5ccc6c(c5)C(C)(C)CCC6(C)C)cc2)c2cc(-n5c6ccc(C(C)(C)C)cc6c6cc(C(C)(C)C)ccc65)ccc2B4c2ccc(-n4c5ccc(C(C)(C)C)cc5c5cc(C(C)(C)C)ccc54)cc2N3c2ccc(-c3ccc4c(c3)C(C)(C)CCC4(C)C)cc2)cc1. The monoisotopic (exact) mass is 1480 g/mol. The van der Waals surface area contributed by atoms with Crippen LogP contribution in [0.3, 0.4) is 0 Å². The van der Waals surface area contributed by atoms with Gasteiger partial charge in [-0.1, -0.05) is 281 Å². The summed E-state index contributed by atoms with van der Waals surface area (Å²) in [6.07, 6.45) is 4.71. The number of nitrogens with zero attached hydrogens (tertiary/aromatic N) is 4. The molecular formula is C108H115BN4. The Morgan fingerprint density at radius 3 is 0.832 bits per heavy atom. The Bertz CT molecular complexity index is 5750. The molecule has 0 bridgehead atoms. The van der Waals surface area contributed by atoms with Crippen molar-refractivity contribution in [2.24, 2.45) is 0 Å². The molecule has 0 radical (unpaired) electrons. The minimum Gasteiger partial charge on any atom is -0.311 e. The van der Waals surface area contributed by atoms with E-state index in [0.29, 0.717) is 0 Å². The molecule has 0 N–H and O–H groups in total. The Labute approximate surface area is 674 Å². The lowest BCUT2D eigenvalue weighted by Gasteiger charge is -2.44. The maximum absolute atomic E-state index is 2.65. The smallest absolute Gasteiger partial charge is 0.252 e. The van der Waals surface area contributed by atoms with Crippen molar-refractivity contribution in [2.75, 3.05) is 9.80 Å². The number of hydrogen-bond acceptors (Lipinski definition) is 2. The molecule has 0 atom stereocenters. The number of fused-ring (bicyclic) bond motifs is 12. The average molecular weight is 1480 g/mol. The molecule has 4 heterocycles. The van der Waals surface area contributed by atoms with Crippen LogP contribution in [0.4, 0.5) is 34.1 Å². The van der Waals surface area contributed by atoms with Gasteiger partial charge in [0.25, 0.3) is 6.71 Å². The summed E-state index contributed by atoms with van der Waals surface area (Å²) in [6.45, 7) is 54.4. The van der Waals surface area contributed by atoms with Gasteiger partial charge in [-0.15, -0.1) is 0 Å². The molecular weight excluding hydrogens is 1360 g/mol. The topological polar surface area (TPSA) is 16.3 Å². The third-order valence-electron chi connectivity index (χ3n) is 27.3. The summed E-state index contributed by atoms with van der Waals surface area (Å²) in [7, 11) is 0. The van der Waals surface area contributed by atoms with E-state index < -0.39 is 0 Å². The van der Waals surface area contributed by atoms with Gasteiger partial charge < -0.3 is 18.9 Å². The second kappa shape index (κ2) is 25.2. The van der Waals surface area contributed by atoms with Crippen molar-refractivity contribution in [3.63, 3.8) is 0 Å². The van der Waals surface area contributed by atoms with Gasteiger partial charge in [0.05, 0.1) is 22.1 Å². The molecule has 5 heteroatoms. The first-order chi connectivity index (χ1) is 53.1. The molecule has 0 saturated heterocycles. The highest BCUT2D eigenvalue weighted by molar-refractivity contribution is 7.00. The van der Waals surface area contributed by atoms with Crippen LogP contribution in [0.2, 0.25) is 0 Å². The summed E-state index contributed by atoms with van der Waals surface area (Å²) in [5.41, 5.74) is 37.9. The maximum Gasteiger partial charge on any atom is 0.252 e. The van der Waals surface area contributed by atoms with E-state index in [2.05, 4.69) is 409 Å². The summed E-state index contributed by atoms with van der Waals surface area (Å²) in [5, 5.41) is 5.12. The van der Waals surface area contributed by atoms with E-state index in [-0.39, 0.29) is 55.4 Å². The van der Waals surface area contributed by atoms with E-state index in [1.807, 2.05) is 0 Å². The summed E-state index contributed by atoms with van der Waals surface area (Å²) >= 11 is 0. The van der Waals surface area contributed by atoms with Crippen molar-refractivity contribution in [2.45, 2.75) is 234 Å². The van der Waals surface area contributed by atoms with Gasteiger partial charge in [-0.2, -0.15) is 0 Å². The number of anilines is 6. The Morgan fingerprint density at radius 1 is 0.239 bits per heavy atom. The number of benzene rings is 12. The minimum absolute atomic E-state index is 0.0274. The second-order valence-electron chi connectivity index (χ2n) is 42.1. The zero-order valence-corrected chi connectivity index (χ0v) is 71.6. The first-order valence-corrected chi connectivity index (χ1v) is 42.0. The van der Waals surface area contributed by atoms with Crippen LogP contribution in [0.15, 0.2) is 231 Å². The molecule has 12 aromatic carbocycles. The Hall–Kier alpha value is -10.1. The molecule has 2 aliphatic carbocycles. The van der Waals surface area contributed by atoms with E-state index in [4.69, 9.17) is 0 Å². The van der Waals surface area contributed by atoms with E-state index >= 15 is 0 Å². The molecule has 0 saturated carbocycles. The van der Waals surface area contributed by atoms with Crippen LogP contribution < -0.4 is 26.2 Å². The van der Waals surface area contributed by atoms with Crippen molar-refractivity contribution in [1.82, 2.24) is 9.13 Å². The molecule has 113 heavy (non-hydrogen) atoms. The van der Waals surface area contributed by atoms with Crippen LogP contribution in [-0.2, 0) is 48.7 Å². The molecule has 4 aliphatic rings. The highest BCUT2D eigenvalue weighted by Crippen LogP contribution is 2.53. The van der Waals surface area contributed by atoms with Gasteiger partial charge in [0.15, 0.2) is 0 Å². The summed E-state index contributed by atoms with van der Waals surface area (Å²) in [6, 6.07) is 92.7. The lowest BCUT2D eigenvalue weighted by Crippen LogP contribution is -2.61. The van der Waals surface area contributed by atoms with Crippen molar-refractivity contribution < 1.29 is 0 Å². The fourth-order valence-corrected chi connectivity index (χ4v) is 19.7. The van der Waals surface area contributed by atoms with Crippen LogP contribution in [-0.4, -0.2) is 15.8 Å². The number of rotatable bonds is 7. The second-order valence-corrected chi connectivity index (χ2v) is 42.1. The predicted molar refractivity (Wildman–Crippen MR) is 490 cm³/mol. The Balaban J connectivity index is 0.922. The van der Waals surface area contributed by atoms with Gasteiger partial charge in [0, 0.05) is 67.0 Å². The Kier molecular flexibility index (Phi) is 16.6. The van der Waals surface area contributed by atoms with Crippen molar-refractivity contribution >= 4 is 101 Å². The quantitative estimate of drug-likeness (QED) is 0.148. The van der Waals surface area contributed by atoms with E-state index in [1.54, 1.807) is 0 Å². The lowest BCUT2D eigenvalue weighted by atomic mass is 9.33. The average Bonchev–Trinajstić information content (AvgIpc) is 1.70. The first-order valence-electron chi connectivity index (χ1n) is 42.0. The number of aromatic nitrogens is 2. The van der Waals surface area contributed by atoms with Crippen LogP contribution in [0.5, 0.6) is 0 Å². The van der Waals surface area contributed by atoms with Gasteiger partial charge in [-0.05, 0) is 283 Å². The third kappa shape index (κ3) is 12.3. The van der Waals surface area contributed by atoms with Gasteiger partial charge >= 0.3 is 0 Å².